The van der Waals surface area contributed by atoms with Crippen molar-refractivity contribution < 1.29 is 42.0 Å². The molecule has 0 aromatic rings. The molecule has 0 saturated heterocycles. The first-order valence-electron chi connectivity index (χ1n) is 5.62. The van der Waals surface area contributed by atoms with Crippen LogP contribution < -0.4 is 18.9 Å². The van der Waals surface area contributed by atoms with Crippen LogP contribution in [0.1, 0.15) is 27.7 Å². The molecular weight excluding hydrogens is 250 g/mol. The zero-order valence-electron chi connectivity index (χ0n) is 11.8. The van der Waals surface area contributed by atoms with Crippen LogP contribution in [0, 0.1) is 5.66 Å². The fraction of sp³-hybridized carbons (Fsp3) is 0.636. The van der Waals surface area contributed by atoms with E-state index in [1.54, 1.807) is 33.8 Å². The molecular formula is C11H20LiO5P. The van der Waals surface area contributed by atoms with Crippen LogP contribution in [0.4, 0.5) is 0 Å². The van der Waals surface area contributed by atoms with Crippen LogP contribution in [0.25, 0.3) is 0 Å². The second-order valence-corrected chi connectivity index (χ2v) is 4.93. The predicted molar refractivity (Wildman–Crippen MR) is 65.5 cm³/mol. The second kappa shape index (κ2) is 10.7. The average molecular weight is 270 g/mol. The maximum absolute atomic E-state index is 12.4. The summed E-state index contributed by atoms with van der Waals surface area (Å²) in [5.74, 6) is -0.671. The zero-order valence-corrected chi connectivity index (χ0v) is 12.7. The standard InChI is InChI=1S/C11H20O5P.Li/c1-5-9-10(11(12)14-6-2)17(13,15-7-3)16-8-4;/h5,9H,6-8H2,1-4H3;/q-1;+1/b9-5+;. The molecule has 0 aliphatic rings. The Kier molecular flexibility index (Phi) is 12.0. The molecule has 0 aromatic carbocycles. The van der Waals surface area contributed by atoms with Crippen molar-refractivity contribution in [2.45, 2.75) is 27.7 Å². The summed E-state index contributed by atoms with van der Waals surface area (Å²) < 4.78 is 27.4. The molecule has 5 nitrogen and oxygen atoms in total. The maximum atomic E-state index is 12.4. The molecule has 0 aliphatic carbocycles. The van der Waals surface area contributed by atoms with Gasteiger partial charge in [0.15, 0.2) is 0 Å². The Hall–Kier alpha value is -0.173. The smallest absolute Gasteiger partial charge is 0.476 e. The molecule has 0 saturated carbocycles. The summed E-state index contributed by atoms with van der Waals surface area (Å²) in [7, 11) is -3.58. The van der Waals surface area contributed by atoms with Gasteiger partial charge in [-0.15, -0.1) is 6.92 Å². The monoisotopic (exact) mass is 270 g/mol. The molecule has 0 N–H and O–H groups in total. The molecule has 0 heterocycles. The van der Waals surface area contributed by atoms with Gasteiger partial charge in [0.05, 0.1) is 19.8 Å². The van der Waals surface area contributed by atoms with E-state index in [1.807, 2.05) is 0 Å². The van der Waals surface area contributed by atoms with E-state index in [0.29, 0.717) is 0 Å². The van der Waals surface area contributed by atoms with E-state index in [2.05, 4.69) is 0 Å². The van der Waals surface area contributed by atoms with Crippen LogP contribution in [0.2, 0.25) is 0 Å². The van der Waals surface area contributed by atoms with Crippen molar-refractivity contribution in [3.63, 3.8) is 0 Å². The summed E-state index contributed by atoms with van der Waals surface area (Å²) in [6.45, 7) is 7.35. The van der Waals surface area contributed by atoms with Crippen LogP contribution >= 0.6 is 7.60 Å². The van der Waals surface area contributed by atoms with Gasteiger partial charge in [-0.05, 0) is 20.8 Å². The summed E-state index contributed by atoms with van der Waals surface area (Å²) >= 11 is 0. The fourth-order valence-electron chi connectivity index (χ4n) is 1.15. The molecule has 0 fully saturated rings. The van der Waals surface area contributed by atoms with Crippen LogP contribution in [-0.2, 0) is 23.1 Å². The largest absolute Gasteiger partial charge is 1.00 e. The molecule has 7 heteroatoms. The van der Waals surface area contributed by atoms with Gasteiger partial charge in [-0.3, -0.25) is 9.36 Å². The molecule has 0 bridgehead atoms. The molecule has 18 heavy (non-hydrogen) atoms. The van der Waals surface area contributed by atoms with Gasteiger partial charge < -0.3 is 13.8 Å². The van der Waals surface area contributed by atoms with Crippen molar-refractivity contribution >= 4 is 13.6 Å². The van der Waals surface area contributed by atoms with E-state index in [0.717, 1.165) is 0 Å². The zero-order chi connectivity index (χ0) is 13.3. The molecule has 0 aromatic heterocycles. The van der Waals surface area contributed by atoms with Gasteiger partial charge in [-0.1, -0.05) is 0 Å². The summed E-state index contributed by atoms with van der Waals surface area (Å²) in [5, 5.41) is 0. The molecule has 100 valence electrons. The third kappa shape index (κ3) is 6.13. The molecule has 0 spiro atoms. The number of carbonyl (C=O) groups excluding carboxylic acids is 1. The molecule has 0 atom stereocenters. The topological polar surface area (TPSA) is 61.8 Å². The molecule has 0 radical (unpaired) electrons. The second-order valence-electron chi connectivity index (χ2n) is 2.94. The van der Waals surface area contributed by atoms with Crippen molar-refractivity contribution in [2.24, 2.45) is 0 Å². The number of hydrogen-bond donors (Lipinski definition) is 0. The molecule has 0 rings (SSSR count). The number of esters is 1. The minimum atomic E-state index is -3.58. The Morgan fingerprint density at radius 3 is 2.00 bits per heavy atom. The van der Waals surface area contributed by atoms with Crippen molar-refractivity contribution in [3.05, 3.63) is 17.8 Å². The minimum Gasteiger partial charge on any atom is -0.476 e. The van der Waals surface area contributed by atoms with Gasteiger partial charge in [0, 0.05) is 5.66 Å². The van der Waals surface area contributed by atoms with E-state index >= 15 is 0 Å². The van der Waals surface area contributed by atoms with E-state index in [-0.39, 0.29) is 44.3 Å². The van der Waals surface area contributed by atoms with E-state index < -0.39 is 13.6 Å². The predicted octanol–water partition coefficient (Wildman–Crippen LogP) is -0.0723. The van der Waals surface area contributed by atoms with Gasteiger partial charge in [-0.2, -0.15) is 0 Å². The fourth-order valence-corrected chi connectivity index (χ4v) is 2.80. The normalized spacial score (nSPS) is 11.1. The van der Waals surface area contributed by atoms with Crippen molar-refractivity contribution in [2.75, 3.05) is 19.8 Å². The van der Waals surface area contributed by atoms with Crippen molar-refractivity contribution in [3.8, 4) is 0 Å². The quantitative estimate of drug-likeness (QED) is 0.267. The van der Waals surface area contributed by atoms with E-state index in [1.165, 1.54) is 6.08 Å². The van der Waals surface area contributed by atoms with Gasteiger partial charge in [0.1, 0.15) is 0 Å². The van der Waals surface area contributed by atoms with Crippen LogP contribution in [0.3, 0.4) is 0 Å². The first kappa shape index (κ1) is 20.2. The minimum absolute atomic E-state index is 0. The number of hydrogen-bond acceptors (Lipinski definition) is 5. The van der Waals surface area contributed by atoms with E-state index in [4.69, 9.17) is 13.8 Å². The number of rotatable bonds is 8. The first-order chi connectivity index (χ1) is 8.05. The van der Waals surface area contributed by atoms with Crippen molar-refractivity contribution in [1.82, 2.24) is 0 Å². The Morgan fingerprint density at radius 2 is 1.67 bits per heavy atom. The number of allylic oxidation sites excluding steroid dienone is 1. The van der Waals surface area contributed by atoms with Crippen LogP contribution in [0.15, 0.2) is 12.2 Å². The summed E-state index contributed by atoms with van der Waals surface area (Å²) in [4.78, 5) is 11.7. The molecule has 0 amide bonds. The molecule has 0 aliphatic heterocycles. The Bertz CT molecular complexity index is 296. The first-order valence-corrected chi connectivity index (χ1v) is 7.16. The van der Waals surface area contributed by atoms with E-state index in [9.17, 15) is 9.36 Å². The average Bonchev–Trinajstić information content (AvgIpc) is 2.26. The number of carbonyl (C=O) groups is 1. The Morgan fingerprint density at radius 1 is 1.17 bits per heavy atom. The number of ether oxygens (including phenoxy) is 1. The van der Waals surface area contributed by atoms with Gasteiger partial charge in [0.2, 0.25) is 0 Å². The summed E-state index contributed by atoms with van der Waals surface area (Å²) in [6, 6.07) is 0. The van der Waals surface area contributed by atoms with Crippen molar-refractivity contribution in [1.29, 1.82) is 0 Å². The Labute approximate surface area is 121 Å². The molecule has 0 unspecified atom stereocenters. The van der Waals surface area contributed by atoms with Gasteiger partial charge in [-0.25, -0.2) is 12.2 Å². The summed E-state index contributed by atoms with van der Waals surface area (Å²) in [6.07, 6.45) is 3.00. The third-order valence-corrected chi connectivity index (χ3v) is 3.82. The van der Waals surface area contributed by atoms with Crippen LogP contribution in [-0.4, -0.2) is 25.8 Å². The SMILES string of the molecule is C/C=C/[C-](C(=O)OCC)P(=O)(OCC)OCC.[Li+]. The van der Waals surface area contributed by atoms with Gasteiger partial charge in [0.25, 0.3) is 13.6 Å². The maximum Gasteiger partial charge on any atom is 1.00 e. The van der Waals surface area contributed by atoms with Crippen LogP contribution in [0.5, 0.6) is 0 Å². The Balaban J connectivity index is 0. The third-order valence-electron chi connectivity index (χ3n) is 1.70. The van der Waals surface area contributed by atoms with Gasteiger partial charge >= 0.3 is 18.9 Å². The summed E-state index contributed by atoms with van der Waals surface area (Å²) in [5.41, 5.74) is -0.0643.